The highest BCUT2D eigenvalue weighted by Gasteiger charge is 2.42. The fraction of sp³-hybridized carbons (Fsp3) is 0.410. The van der Waals surface area contributed by atoms with Gasteiger partial charge in [0.1, 0.15) is 12.7 Å². The smallest absolute Gasteiger partial charge is 0.335 e. The molecule has 666 valence electrons. The molecule has 4 aromatic heterocycles. The van der Waals surface area contributed by atoms with Crippen molar-refractivity contribution in [2.45, 2.75) is 311 Å². The van der Waals surface area contributed by atoms with Gasteiger partial charge in [-0.3, -0.25) is 9.36 Å². The summed E-state index contributed by atoms with van der Waals surface area (Å²) in [7, 11) is 0. The number of carboxylic acid groups (broad SMARTS) is 1. The molecule has 127 heavy (non-hydrogen) atoms. The van der Waals surface area contributed by atoms with E-state index < -0.39 is 5.97 Å². The predicted octanol–water partition coefficient (Wildman–Crippen LogP) is 29.4. The molecule has 0 atom stereocenters. The van der Waals surface area contributed by atoms with E-state index in [1.54, 1.807) is 47.0 Å². The number of carboxylic acids is 1. The molecule has 0 unspecified atom stereocenters. The Balaban J connectivity index is 0.000000153. The van der Waals surface area contributed by atoms with Crippen LogP contribution in [0.5, 0.6) is 0 Å². The summed E-state index contributed by atoms with van der Waals surface area (Å²) in [5.74, 6) is -0.903. The molecule has 0 fully saturated rings. The molecule has 8 aromatic carbocycles. The van der Waals surface area contributed by atoms with Crippen LogP contribution < -0.4 is 0 Å². The van der Waals surface area contributed by atoms with Gasteiger partial charge in [0.05, 0.1) is 11.9 Å². The number of imidazole rings is 1. The molecule has 1 N–H and O–H groups in total. The number of aromatic carboxylic acids is 1. The summed E-state index contributed by atoms with van der Waals surface area (Å²) in [4.78, 5) is 19.4. The second kappa shape index (κ2) is 40.6. The molecule has 4 heterocycles. The van der Waals surface area contributed by atoms with E-state index in [-0.39, 0.29) is 50.7 Å². The highest BCUT2D eigenvalue weighted by molar-refractivity contribution is 5.88. The van der Waals surface area contributed by atoms with Gasteiger partial charge in [0, 0.05) is 63.4 Å². The highest BCUT2D eigenvalue weighted by Crippen LogP contribution is 2.52. The fourth-order valence-corrected chi connectivity index (χ4v) is 19.2. The van der Waals surface area contributed by atoms with Crippen LogP contribution in [0.25, 0.3) is 48.6 Å². The van der Waals surface area contributed by atoms with Gasteiger partial charge in [-0.15, -0.1) is 0 Å². The van der Waals surface area contributed by atoms with Crippen LogP contribution in [0, 0.1) is 20.8 Å². The van der Waals surface area contributed by atoms with Gasteiger partial charge < -0.3 is 14.2 Å². The van der Waals surface area contributed by atoms with Crippen LogP contribution in [0.4, 0.5) is 0 Å². The number of nitrogens with zero attached hydrogens (tertiary/aromatic N) is 8. The average Bonchev–Trinajstić information content (AvgIpc) is 1.33. The van der Waals surface area contributed by atoms with Crippen molar-refractivity contribution in [1.29, 1.82) is 0 Å². The second-order valence-electron chi connectivity index (χ2n) is 42.0. The minimum atomic E-state index is -0.903. The molecule has 16 rings (SSSR count). The van der Waals surface area contributed by atoms with Gasteiger partial charge in [0.15, 0.2) is 0 Å². The third-order valence-electron chi connectivity index (χ3n) is 28.3. The summed E-state index contributed by atoms with van der Waals surface area (Å²) in [5, 5.41) is 17.7. The van der Waals surface area contributed by atoms with Crippen LogP contribution in [0.1, 0.15) is 334 Å². The molecule has 0 radical (unpaired) electrons. The topological polar surface area (TPSA) is 109 Å². The minimum absolute atomic E-state index is 0. The third kappa shape index (κ3) is 24.5. The van der Waals surface area contributed by atoms with Crippen LogP contribution in [0.3, 0.4) is 0 Å². The van der Waals surface area contributed by atoms with Crippen molar-refractivity contribution in [3.63, 3.8) is 0 Å². The van der Waals surface area contributed by atoms with Crippen molar-refractivity contribution in [2.24, 2.45) is 0 Å². The zero-order valence-corrected chi connectivity index (χ0v) is 79.5. The highest BCUT2D eigenvalue weighted by atomic mass is 16.4. The summed E-state index contributed by atoms with van der Waals surface area (Å²) in [5.41, 5.74) is 34.0. The molecule has 0 aliphatic heterocycles. The third-order valence-corrected chi connectivity index (χ3v) is 28.3. The lowest BCUT2D eigenvalue weighted by Crippen LogP contribution is -2.34. The fourth-order valence-electron chi connectivity index (χ4n) is 19.2. The van der Waals surface area contributed by atoms with Gasteiger partial charge >= 0.3 is 5.97 Å². The van der Waals surface area contributed by atoms with E-state index in [2.05, 4.69) is 368 Å². The molecule has 4 aliphatic rings. The Morgan fingerprint density at radius 3 is 0.906 bits per heavy atom. The summed E-state index contributed by atoms with van der Waals surface area (Å²) < 4.78 is 8.37. The van der Waals surface area contributed by atoms with Crippen LogP contribution in [0.15, 0.2) is 220 Å². The number of hydrogen-bond donors (Lipinski definition) is 1. The van der Waals surface area contributed by atoms with Crippen molar-refractivity contribution in [3.8, 4) is 0 Å². The number of aryl methyl sites for hydroxylation is 11. The van der Waals surface area contributed by atoms with Crippen LogP contribution in [-0.2, 0) is 95.2 Å². The molecule has 12 aromatic rings. The average molecular weight is 1700 g/mol. The van der Waals surface area contributed by atoms with Crippen molar-refractivity contribution in [1.82, 2.24) is 38.7 Å². The summed E-state index contributed by atoms with van der Waals surface area (Å²) >= 11 is 0. The molecular formula is C117H146N8O2. The summed E-state index contributed by atoms with van der Waals surface area (Å²) in [6.45, 7) is 48.7. The van der Waals surface area contributed by atoms with Gasteiger partial charge in [-0.05, 0) is 308 Å². The number of fused-ring (bicyclic) bond motifs is 4. The van der Waals surface area contributed by atoms with Crippen molar-refractivity contribution >= 4 is 54.6 Å². The Hall–Kier alpha value is -11.0. The summed E-state index contributed by atoms with van der Waals surface area (Å²) in [6.07, 6.45) is 53.9. The van der Waals surface area contributed by atoms with Crippen LogP contribution in [-0.4, -0.2) is 49.7 Å². The maximum Gasteiger partial charge on any atom is 0.335 e. The largest absolute Gasteiger partial charge is 0.478 e. The SMILES string of the molecule is C.CC1(C)CCC(C)(C)c2cc(CCCn3cncn3)c(/C=C/c3ccc(C(=O)O)cc3)cc21.Cc1ccc(/C=C/c2cc3c(cc2CCCn2cccc2)C(C)(C)CCC3(C)C)cc1.Cc1ccc(/C=C/c2cc3c(cc2CCCn2cccn2)C(C)(C)CCC3(C)C)cc1.Cc1ccc(/C=C/c2cc3c(cc2CCCn2ccnc2)C(C)(C)CCC3(C)C)cc1. The standard InChI is InChI=1S/C30H37N.2C29H36N2.C28H33N3O2.CH4/c1-23-10-12-24(13-11-23)14-15-26-22-28-27(29(2,3)16-17-30(28,4)5)21-25(26)9-8-20-31-18-6-7-19-31;1-22-9-11-23(12-10-22)13-14-25-21-27-26(28(2,3)15-16-29(27,4)5)20-24(25)8-6-18-31-19-7-17-30-31;1-22-8-10-23(11-9-22)12-13-25-20-27-26(28(2,3)14-15-29(27,4)5)19-24(25)7-6-17-31-18-16-30-21-31;1-27(2)13-14-28(3,4)25-17-23(12-9-20-7-10-21(11-8-20)26(32)33)22(16-24(25)27)6-5-15-31-19-29-18-30-31;/h6-7,10-15,18-19,21-22H,8-9,16-17,20H2,1-5H3;7,9-14,17,19-21H,6,8,15-16,18H2,1-5H3;8-13,16,18-21H,6-7,14-15,17H2,1-5H3;7-12,16-19H,5-6,13-15H2,1-4H3,(H,32,33);1H4/b15-14+;14-13+;13-12+;12-9+;. The minimum Gasteiger partial charge on any atom is -0.478 e. The first kappa shape index (κ1) is 95.1. The normalized spacial score (nSPS) is 16.8. The van der Waals surface area contributed by atoms with E-state index in [1.165, 1.54) is 152 Å². The molecule has 0 amide bonds. The van der Waals surface area contributed by atoms with E-state index in [4.69, 9.17) is 5.11 Å². The van der Waals surface area contributed by atoms with E-state index in [1.807, 2.05) is 46.3 Å². The van der Waals surface area contributed by atoms with E-state index >= 15 is 0 Å². The van der Waals surface area contributed by atoms with E-state index in [0.29, 0.717) is 5.56 Å². The second-order valence-corrected chi connectivity index (χ2v) is 42.0. The maximum atomic E-state index is 11.1. The van der Waals surface area contributed by atoms with Gasteiger partial charge in [0.2, 0.25) is 0 Å². The number of hydrogen-bond acceptors (Lipinski definition) is 5. The van der Waals surface area contributed by atoms with Gasteiger partial charge in [-0.25, -0.2) is 14.8 Å². The van der Waals surface area contributed by atoms with E-state index in [0.717, 1.165) is 83.1 Å². The maximum absolute atomic E-state index is 11.1. The predicted molar refractivity (Wildman–Crippen MR) is 538 cm³/mol. The van der Waals surface area contributed by atoms with Crippen LogP contribution in [0.2, 0.25) is 0 Å². The van der Waals surface area contributed by atoms with Crippen molar-refractivity contribution in [3.05, 3.63) is 353 Å². The Bertz CT molecular complexity index is 5320. The van der Waals surface area contributed by atoms with Crippen LogP contribution >= 0.6 is 0 Å². The van der Waals surface area contributed by atoms with Gasteiger partial charge in [-0.1, -0.05) is 317 Å². The van der Waals surface area contributed by atoms with E-state index in [9.17, 15) is 4.79 Å². The zero-order chi connectivity index (χ0) is 89.8. The first-order valence-electron chi connectivity index (χ1n) is 46.7. The quantitative estimate of drug-likeness (QED) is 0.0571. The molecule has 10 heteroatoms. The van der Waals surface area contributed by atoms with Crippen molar-refractivity contribution in [2.75, 3.05) is 0 Å². The molecule has 0 saturated heterocycles. The lowest BCUT2D eigenvalue weighted by molar-refractivity contribution is 0.0696. The molecule has 0 spiro atoms. The molecule has 4 aliphatic carbocycles. The van der Waals surface area contributed by atoms with Gasteiger partial charge in [0.25, 0.3) is 0 Å². The number of carbonyl (C=O) groups is 1. The van der Waals surface area contributed by atoms with Gasteiger partial charge in [-0.2, -0.15) is 10.2 Å². The number of benzene rings is 8. The lowest BCUT2D eigenvalue weighted by atomic mass is 9.62. The first-order chi connectivity index (χ1) is 59.9. The Kier molecular flexibility index (Phi) is 30.4. The molecule has 10 nitrogen and oxygen atoms in total. The lowest BCUT2D eigenvalue weighted by Gasteiger charge is -2.42. The first-order valence-corrected chi connectivity index (χ1v) is 46.7. The Labute approximate surface area is 763 Å². The van der Waals surface area contributed by atoms with Crippen molar-refractivity contribution < 1.29 is 9.90 Å². The Morgan fingerprint density at radius 2 is 0.622 bits per heavy atom. The molecular weight excluding hydrogens is 1550 g/mol. The zero-order valence-electron chi connectivity index (χ0n) is 79.5. The molecule has 0 saturated carbocycles. The summed E-state index contributed by atoms with van der Waals surface area (Å²) in [6, 6.07) is 59.5. The molecule has 0 bridgehead atoms. The number of aromatic nitrogens is 8. The Morgan fingerprint density at radius 1 is 0.323 bits per heavy atom. The number of rotatable bonds is 25. The monoisotopic (exact) mass is 1700 g/mol.